The van der Waals surface area contributed by atoms with Gasteiger partial charge in [-0.1, -0.05) is 6.92 Å². The number of nitrogens with two attached hydrogens (primary N) is 1. The second-order valence-corrected chi connectivity index (χ2v) is 5.48. The number of rotatable bonds is 5. The van der Waals surface area contributed by atoms with Crippen LogP contribution in [0.15, 0.2) is 4.99 Å². The third kappa shape index (κ3) is 3.89. The van der Waals surface area contributed by atoms with Gasteiger partial charge in [0.05, 0.1) is 5.84 Å². The van der Waals surface area contributed by atoms with Gasteiger partial charge in [0, 0.05) is 34.8 Å². The predicted molar refractivity (Wildman–Crippen MR) is 57.4 cm³/mol. The zero-order valence-corrected chi connectivity index (χ0v) is 9.14. The lowest BCUT2D eigenvalue weighted by atomic mass is 10.3. The van der Waals surface area contributed by atoms with Crippen LogP contribution in [0.3, 0.4) is 0 Å². The van der Waals surface area contributed by atoms with Crippen LogP contribution in [0, 0.1) is 5.92 Å². The molecule has 0 heterocycles. The lowest BCUT2D eigenvalue weighted by Gasteiger charge is -2.05. The Balaban J connectivity index is 2.18. The first-order valence-electron chi connectivity index (χ1n) is 4.73. The van der Waals surface area contributed by atoms with Gasteiger partial charge in [0.25, 0.3) is 0 Å². The average Bonchev–Trinajstić information content (AvgIpc) is 2.85. The summed E-state index contributed by atoms with van der Waals surface area (Å²) in [6, 6.07) is 0. The average molecular weight is 202 g/mol. The van der Waals surface area contributed by atoms with Crippen molar-refractivity contribution < 1.29 is 4.21 Å². The van der Waals surface area contributed by atoms with Crippen LogP contribution in [0.25, 0.3) is 0 Å². The molecule has 2 N–H and O–H groups in total. The highest BCUT2D eigenvalue weighted by Gasteiger charge is 2.25. The molecule has 0 aromatic heterocycles. The van der Waals surface area contributed by atoms with E-state index in [0.717, 1.165) is 18.8 Å². The molecule has 76 valence electrons. The van der Waals surface area contributed by atoms with Crippen LogP contribution in [-0.2, 0) is 10.8 Å². The molecule has 1 rings (SSSR count). The SMILES string of the molecule is CC(CCN=C(N)C1CC1)S(C)=O. The first-order chi connectivity index (χ1) is 6.11. The predicted octanol–water partition coefficient (Wildman–Crippen LogP) is 0.911. The molecule has 0 amide bonds. The van der Waals surface area contributed by atoms with Crippen LogP contribution in [0.1, 0.15) is 26.2 Å². The van der Waals surface area contributed by atoms with E-state index in [9.17, 15) is 4.21 Å². The van der Waals surface area contributed by atoms with Crippen LogP contribution in [0.4, 0.5) is 0 Å². The van der Waals surface area contributed by atoms with Crippen molar-refractivity contribution in [3.8, 4) is 0 Å². The van der Waals surface area contributed by atoms with E-state index in [0.29, 0.717) is 5.92 Å². The van der Waals surface area contributed by atoms with E-state index in [-0.39, 0.29) is 5.25 Å². The maximum Gasteiger partial charge on any atom is 0.0968 e. The van der Waals surface area contributed by atoms with Gasteiger partial charge < -0.3 is 5.73 Å². The van der Waals surface area contributed by atoms with Gasteiger partial charge in [0.15, 0.2) is 0 Å². The van der Waals surface area contributed by atoms with Crippen LogP contribution < -0.4 is 5.73 Å². The van der Waals surface area contributed by atoms with E-state index in [2.05, 4.69) is 4.99 Å². The van der Waals surface area contributed by atoms with Gasteiger partial charge in [-0.3, -0.25) is 9.20 Å². The Morgan fingerprint density at radius 1 is 1.69 bits per heavy atom. The second-order valence-electron chi connectivity index (χ2n) is 3.68. The third-order valence-corrected chi connectivity index (χ3v) is 3.76. The summed E-state index contributed by atoms with van der Waals surface area (Å²) >= 11 is 0. The largest absolute Gasteiger partial charge is 0.387 e. The topological polar surface area (TPSA) is 55.4 Å². The molecule has 13 heavy (non-hydrogen) atoms. The normalized spacial score (nSPS) is 22.8. The van der Waals surface area contributed by atoms with E-state index in [4.69, 9.17) is 5.73 Å². The van der Waals surface area contributed by atoms with Crippen molar-refractivity contribution in [3.63, 3.8) is 0 Å². The molecule has 2 atom stereocenters. The lowest BCUT2D eigenvalue weighted by Crippen LogP contribution is -2.16. The van der Waals surface area contributed by atoms with Crippen molar-refractivity contribution in [3.05, 3.63) is 0 Å². The minimum atomic E-state index is -0.730. The summed E-state index contributed by atoms with van der Waals surface area (Å²) in [5.41, 5.74) is 5.72. The second kappa shape index (κ2) is 4.74. The Labute approximate surface area is 82.3 Å². The van der Waals surface area contributed by atoms with Gasteiger partial charge in [0.2, 0.25) is 0 Å². The van der Waals surface area contributed by atoms with E-state index >= 15 is 0 Å². The standard InChI is InChI=1S/C9H18N2OS/c1-7(13(2)12)5-6-11-9(10)8-3-4-8/h7-8H,3-6H2,1-2H3,(H2,10,11). The van der Waals surface area contributed by atoms with Crippen LogP contribution in [-0.4, -0.2) is 28.1 Å². The van der Waals surface area contributed by atoms with Gasteiger partial charge in [-0.15, -0.1) is 0 Å². The Bertz CT molecular complexity index is 224. The molecule has 0 aromatic rings. The molecule has 0 radical (unpaired) electrons. The Morgan fingerprint density at radius 2 is 2.31 bits per heavy atom. The van der Waals surface area contributed by atoms with Crippen molar-refractivity contribution in [1.82, 2.24) is 0 Å². The van der Waals surface area contributed by atoms with Gasteiger partial charge >= 0.3 is 0 Å². The quantitative estimate of drug-likeness (QED) is 0.532. The maximum absolute atomic E-state index is 11.0. The van der Waals surface area contributed by atoms with Crippen LogP contribution in [0.5, 0.6) is 0 Å². The molecule has 1 fully saturated rings. The smallest absolute Gasteiger partial charge is 0.0968 e. The van der Waals surface area contributed by atoms with Crippen LogP contribution in [0.2, 0.25) is 0 Å². The third-order valence-electron chi connectivity index (χ3n) is 2.39. The lowest BCUT2D eigenvalue weighted by molar-refractivity contribution is 0.670. The number of hydrogen-bond acceptors (Lipinski definition) is 2. The van der Waals surface area contributed by atoms with E-state index < -0.39 is 10.8 Å². The summed E-state index contributed by atoms with van der Waals surface area (Å²) in [5, 5.41) is 0.232. The Kier molecular flexibility index (Phi) is 3.90. The molecule has 4 heteroatoms. The molecule has 1 aliphatic rings. The van der Waals surface area contributed by atoms with E-state index in [1.54, 1.807) is 6.26 Å². The number of nitrogens with zero attached hydrogens (tertiary/aromatic N) is 1. The fraction of sp³-hybridized carbons (Fsp3) is 0.889. The highest BCUT2D eigenvalue weighted by Crippen LogP contribution is 2.28. The number of amidine groups is 1. The monoisotopic (exact) mass is 202 g/mol. The summed E-state index contributed by atoms with van der Waals surface area (Å²) < 4.78 is 11.0. The summed E-state index contributed by atoms with van der Waals surface area (Å²) in [4.78, 5) is 4.27. The zero-order chi connectivity index (χ0) is 9.84. The van der Waals surface area contributed by atoms with Gasteiger partial charge in [0.1, 0.15) is 0 Å². The molecular formula is C9H18N2OS. The van der Waals surface area contributed by atoms with Crippen molar-refractivity contribution >= 4 is 16.6 Å². The zero-order valence-electron chi connectivity index (χ0n) is 8.32. The molecule has 3 nitrogen and oxygen atoms in total. The van der Waals surface area contributed by atoms with Crippen LogP contribution >= 0.6 is 0 Å². The van der Waals surface area contributed by atoms with E-state index in [1.165, 1.54) is 12.8 Å². The van der Waals surface area contributed by atoms with Crippen molar-refractivity contribution in [2.75, 3.05) is 12.8 Å². The minimum absolute atomic E-state index is 0.232. The number of hydrogen-bond donors (Lipinski definition) is 1. The summed E-state index contributed by atoms with van der Waals surface area (Å²) in [7, 11) is -0.730. The fourth-order valence-electron chi connectivity index (χ4n) is 1.05. The molecular weight excluding hydrogens is 184 g/mol. The summed E-state index contributed by atoms with van der Waals surface area (Å²) in [6.07, 6.45) is 5.00. The fourth-order valence-corrected chi connectivity index (χ4v) is 1.49. The highest BCUT2D eigenvalue weighted by atomic mass is 32.2. The van der Waals surface area contributed by atoms with Crippen molar-refractivity contribution in [2.24, 2.45) is 16.6 Å². The Morgan fingerprint density at radius 3 is 2.77 bits per heavy atom. The first-order valence-corrected chi connectivity index (χ1v) is 6.35. The van der Waals surface area contributed by atoms with E-state index in [1.807, 2.05) is 6.92 Å². The molecule has 0 bridgehead atoms. The van der Waals surface area contributed by atoms with Gasteiger partial charge in [-0.05, 0) is 19.3 Å². The molecule has 0 spiro atoms. The molecule has 0 saturated heterocycles. The van der Waals surface area contributed by atoms with Crippen molar-refractivity contribution in [2.45, 2.75) is 31.4 Å². The molecule has 1 aliphatic carbocycles. The molecule has 2 unspecified atom stereocenters. The van der Waals surface area contributed by atoms with Gasteiger partial charge in [-0.2, -0.15) is 0 Å². The maximum atomic E-state index is 11.0. The highest BCUT2D eigenvalue weighted by molar-refractivity contribution is 7.84. The Hall–Kier alpha value is -0.380. The molecule has 0 aromatic carbocycles. The molecule has 1 saturated carbocycles. The minimum Gasteiger partial charge on any atom is -0.387 e. The summed E-state index contributed by atoms with van der Waals surface area (Å²) in [6.45, 7) is 2.71. The first kappa shape index (κ1) is 10.7. The number of aliphatic imine (C=N–C) groups is 1. The summed E-state index contributed by atoms with van der Waals surface area (Å²) in [5.74, 6) is 1.36. The van der Waals surface area contributed by atoms with Crippen molar-refractivity contribution in [1.29, 1.82) is 0 Å². The van der Waals surface area contributed by atoms with Gasteiger partial charge in [-0.25, -0.2) is 0 Å². The molecule has 0 aliphatic heterocycles.